The Bertz CT molecular complexity index is 484. The summed E-state index contributed by atoms with van der Waals surface area (Å²) in [7, 11) is 0. The number of aromatic carboxylic acids is 1. The number of hydrogen-bond donors (Lipinski definition) is 3. The quantitative estimate of drug-likeness (QED) is 0.755. The van der Waals surface area contributed by atoms with Crippen molar-refractivity contribution in [2.24, 2.45) is 0 Å². The van der Waals surface area contributed by atoms with Crippen LogP contribution in [0.15, 0.2) is 18.2 Å². The highest BCUT2D eigenvalue weighted by atomic mass is 19.1. The molecule has 1 fully saturated rings. The van der Waals surface area contributed by atoms with Gasteiger partial charge in [0.15, 0.2) is 0 Å². The second-order valence-electron chi connectivity index (χ2n) is 4.13. The first kappa shape index (κ1) is 12.5. The molecule has 0 bridgehead atoms. The van der Waals surface area contributed by atoms with Crippen LogP contribution in [0.25, 0.3) is 0 Å². The summed E-state index contributed by atoms with van der Waals surface area (Å²) in [6.07, 6.45) is 1.59. The van der Waals surface area contributed by atoms with Crippen LogP contribution in [0.3, 0.4) is 0 Å². The van der Waals surface area contributed by atoms with Gasteiger partial charge >= 0.3 is 5.97 Å². The number of carboxylic acids is 1. The fourth-order valence-electron chi connectivity index (χ4n) is 1.93. The van der Waals surface area contributed by atoms with Gasteiger partial charge in [-0.05, 0) is 37.6 Å². The average Bonchev–Trinajstić information content (AvgIpc) is 2.81. The van der Waals surface area contributed by atoms with Crippen LogP contribution in [0.1, 0.15) is 23.2 Å². The molecular weight excluding hydrogens is 239 g/mol. The summed E-state index contributed by atoms with van der Waals surface area (Å²) in [5.41, 5.74) is -0.135. The molecule has 0 aromatic heterocycles. The number of benzene rings is 1. The number of rotatable bonds is 3. The number of carbonyl (C=O) groups excluding carboxylic acids is 1. The first-order valence-corrected chi connectivity index (χ1v) is 5.65. The lowest BCUT2D eigenvalue weighted by Gasteiger charge is -2.12. The van der Waals surface area contributed by atoms with Gasteiger partial charge in [0.2, 0.25) is 5.91 Å². The van der Waals surface area contributed by atoms with Crippen molar-refractivity contribution in [2.75, 3.05) is 11.9 Å². The minimum atomic E-state index is -1.20. The number of hydrogen-bond acceptors (Lipinski definition) is 3. The highest BCUT2D eigenvalue weighted by Crippen LogP contribution is 2.18. The third kappa shape index (κ3) is 2.65. The van der Waals surface area contributed by atoms with Crippen molar-refractivity contribution in [1.29, 1.82) is 0 Å². The second kappa shape index (κ2) is 5.14. The van der Waals surface area contributed by atoms with E-state index >= 15 is 0 Å². The molecule has 5 nitrogen and oxygen atoms in total. The minimum Gasteiger partial charge on any atom is -0.478 e. The molecule has 2 rings (SSSR count). The molecule has 1 amide bonds. The molecule has 0 saturated carbocycles. The standard InChI is InChI=1S/C12H13FN2O3/c13-7-3-4-8(12(17)18)10(6-7)15-11(16)9-2-1-5-14-9/h3-4,6,9,14H,1-2,5H2,(H,15,16)(H,17,18)/t9-/m0/s1. The number of amides is 1. The van der Waals surface area contributed by atoms with Crippen molar-refractivity contribution < 1.29 is 19.1 Å². The van der Waals surface area contributed by atoms with E-state index in [0.29, 0.717) is 6.42 Å². The average molecular weight is 252 g/mol. The Morgan fingerprint density at radius 1 is 1.44 bits per heavy atom. The van der Waals surface area contributed by atoms with E-state index < -0.39 is 11.8 Å². The Morgan fingerprint density at radius 2 is 2.22 bits per heavy atom. The fraction of sp³-hybridized carbons (Fsp3) is 0.333. The highest BCUT2D eigenvalue weighted by molar-refractivity contribution is 6.02. The van der Waals surface area contributed by atoms with Crippen LogP contribution in [0.4, 0.5) is 10.1 Å². The van der Waals surface area contributed by atoms with Gasteiger partial charge in [-0.1, -0.05) is 0 Å². The molecule has 6 heteroatoms. The molecule has 0 radical (unpaired) electrons. The highest BCUT2D eigenvalue weighted by Gasteiger charge is 2.23. The zero-order valence-corrected chi connectivity index (χ0v) is 9.57. The van der Waals surface area contributed by atoms with Gasteiger partial charge in [-0.25, -0.2) is 9.18 Å². The zero-order valence-electron chi connectivity index (χ0n) is 9.57. The van der Waals surface area contributed by atoms with Crippen molar-refractivity contribution in [3.05, 3.63) is 29.6 Å². The second-order valence-corrected chi connectivity index (χ2v) is 4.13. The third-order valence-corrected chi connectivity index (χ3v) is 2.85. The molecule has 0 unspecified atom stereocenters. The van der Waals surface area contributed by atoms with Crippen molar-refractivity contribution >= 4 is 17.6 Å². The van der Waals surface area contributed by atoms with Gasteiger partial charge in [0, 0.05) is 0 Å². The summed E-state index contributed by atoms with van der Waals surface area (Å²) in [4.78, 5) is 22.8. The van der Waals surface area contributed by atoms with E-state index in [0.717, 1.165) is 31.2 Å². The summed E-state index contributed by atoms with van der Waals surface area (Å²) < 4.78 is 13.1. The number of nitrogens with one attached hydrogen (secondary N) is 2. The lowest BCUT2D eigenvalue weighted by Crippen LogP contribution is -2.35. The summed E-state index contributed by atoms with van der Waals surface area (Å²) in [5.74, 6) is -2.13. The van der Waals surface area contributed by atoms with Gasteiger partial charge in [-0.2, -0.15) is 0 Å². The van der Waals surface area contributed by atoms with Crippen molar-refractivity contribution in [3.8, 4) is 0 Å². The Kier molecular flexibility index (Phi) is 3.57. The molecule has 1 aromatic carbocycles. The zero-order chi connectivity index (χ0) is 13.1. The molecular formula is C12H13FN2O3. The van der Waals surface area contributed by atoms with Crippen molar-refractivity contribution in [1.82, 2.24) is 5.32 Å². The molecule has 1 saturated heterocycles. The van der Waals surface area contributed by atoms with Crippen molar-refractivity contribution in [3.63, 3.8) is 0 Å². The molecule has 1 atom stereocenters. The number of halogens is 1. The van der Waals surface area contributed by atoms with Gasteiger partial charge in [-0.3, -0.25) is 4.79 Å². The van der Waals surface area contributed by atoms with E-state index in [2.05, 4.69) is 10.6 Å². The Balaban J connectivity index is 2.19. The number of carboxylic acid groups (broad SMARTS) is 1. The maximum Gasteiger partial charge on any atom is 0.337 e. The Labute approximate surface area is 103 Å². The van der Waals surface area contributed by atoms with E-state index in [1.807, 2.05) is 0 Å². The number of anilines is 1. The SMILES string of the molecule is O=C(O)c1ccc(F)cc1NC(=O)[C@@H]1CCCN1. The van der Waals surface area contributed by atoms with Crippen LogP contribution >= 0.6 is 0 Å². The topological polar surface area (TPSA) is 78.4 Å². The summed E-state index contributed by atoms with van der Waals surface area (Å²) in [5, 5.41) is 14.4. The molecule has 1 aliphatic heterocycles. The third-order valence-electron chi connectivity index (χ3n) is 2.85. The fourth-order valence-corrected chi connectivity index (χ4v) is 1.93. The summed E-state index contributed by atoms with van der Waals surface area (Å²) >= 11 is 0. The molecule has 96 valence electrons. The smallest absolute Gasteiger partial charge is 0.337 e. The van der Waals surface area contributed by atoms with Crippen LogP contribution < -0.4 is 10.6 Å². The normalized spacial score (nSPS) is 18.6. The van der Waals surface area contributed by atoms with Crippen LogP contribution in [0.2, 0.25) is 0 Å². The lowest BCUT2D eigenvalue weighted by atomic mass is 10.1. The molecule has 1 aliphatic rings. The first-order chi connectivity index (χ1) is 8.58. The molecule has 0 aliphatic carbocycles. The van der Waals surface area contributed by atoms with E-state index in [1.54, 1.807) is 0 Å². The predicted octanol–water partition coefficient (Wildman–Crippen LogP) is 1.21. The van der Waals surface area contributed by atoms with E-state index in [4.69, 9.17) is 5.11 Å². The van der Waals surface area contributed by atoms with Crippen LogP contribution in [-0.4, -0.2) is 29.6 Å². The Hall–Kier alpha value is -1.95. The van der Waals surface area contributed by atoms with Crippen LogP contribution in [0.5, 0.6) is 0 Å². The first-order valence-electron chi connectivity index (χ1n) is 5.65. The predicted molar refractivity (Wildman–Crippen MR) is 63.0 cm³/mol. The van der Waals surface area contributed by atoms with Gasteiger partial charge in [0.1, 0.15) is 5.82 Å². The summed E-state index contributed by atoms with van der Waals surface area (Å²) in [6, 6.07) is 2.86. The maximum atomic E-state index is 13.1. The van der Waals surface area contributed by atoms with Crippen molar-refractivity contribution in [2.45, 2.75) is 18.9 Å². The van der Waals surface area contributed by atoms with Gasteiger partial charge < -0.3 is 15.7 Å². The molecule has 0 spiro atoms. The largest absolute Gasteiger partial charge is 0.478 e. The van der Waals surface area contributed by atoms with Gasteiger partial charge in [-0.15, -0.1) is 0 Å². The van der Waals surface area contributed by atoms with E-state index in [1.165, 1.54) is 0 Å². The molecule has 1 aromatic rings. The minimum absolute atomic E-state index is 0.0128. The number of carbonyl (C=O) groups is 2. The van der Waals surface area contributed by atoms with Gasteiger partial charge in [0.05, 0.1) is 17.3 Å². The molecule has 3 N–H and O–H groups in total. The maximum absolute atomic E-state index is 13.1. The van der Waals surface area contributed by atoms with Gasteiger partial charge in [0.25, 0.3) is 0 Å². The van der Waals surface area contributed by atoms with E-state index in [-0.39, 0.29) is 23.2 Å². The van der Waals surface area contributed by atoms with E-state index in [9.17, 15) is 14.0 Å². The molecule has 1 heterocycles. The molecule has 18 heavy (non-hydrogen) atoms. The summed E-state index contributed by atoms with van der Waals surface area (Å²) in [6.45, 7) is 0.757. The van der Waals surface area contributed by atoms with Crippen LogP contribution in [0, 0.1) is 5.82 Å². The monoisotopic (exact) mass is 252 g/mol. The lowest BCUT2D eigenvalue weighted by molar-refractivity contribution is -0.117. The van der Waals surface area contributed by atoms with Crippen LogP contribution in [-0.2, 0) is 4.79 Å². The Morgan fingerprint density at radius 3 is 2.83 bits per heavy atom.